The van der Waals surface area contributed by atoms with Gasteiger partial charge in [0.1, 0.15) is 0 Å². The van der Waals surface area contributed by atoms with Crippen LogP contribution in [-0.4, -0.2) is 0 Å². The maximum absolute atomic E-state index is 2.52. The SMILES string of the molecule is CC.CC.CC.CC.c1ccc2c(c1)C1CCC3CC4CCC5c6ccccc6C2(C31)C45. The number of hydrogen-bond acceptors (Lipinski definition) is 0. The Kier molecular flexibility index (Phi) is 8.29. The van der Waals surface area contributed by atoms with Gasteiger partial charge in [-0.15, -0.1) is 0 Å². The molecule has 2 aromatic rings. The Bertz CT molecular complexity index is 790. The zero-order valence-electron chi connectivity index (χ0n) is 22.1. The summed E-state index contributed by atoms with van der Waals surface area (Å²) in [7, 11) is 0. The highest BCUT2D eigenvalue weighted by Crippen LogP contribution is 2.77. The lowest BCUT2D eigenvalue weighted by Gasteiger charge is -2.49. The molecule has 0 radical (unpaired) electrons. The molecule has 0 nitrogen and oxygen atoms in total. The van der Waals surface area contributed by atoms with Crippen molar-refractivity contribution in [2.24, 2.45) is 23.7 Å². The van der Waals surface area contributed by atoms with Crippen LogP contribution in [0.1, 0.15) is 122 Å². The Hall–Kier alpha value is -1.56. The normalized spacial score (nSPS) is 35.0. The highest BCUT2D eigenvalue weighted by Gasteiger charge is 2.70. The molecule has 5 aliphatic carbocycles. The minimum atomic E-state index is 0.378. The summed E-state index contributed by atoms with van der Waals surface area (Å²) in [5.74, 6) is 5.46. The fourth-order valence-corrected chi connectivity index (χ4v) is 8.64. The number of fused-ring (bicyclic) bond motifs is 4. The van der Waals surface area contributed by atoms with E-state index in [9.17, 15) is 0 Å². The van der Waals surface area contributed by atoms with Crippen molar-refractivity contribution in [1.29, 1.82) is 0 Å². The molecule has 0 aliphatic heterocycles. The molecule has 1 spiro atoms. The fourth-order valence-electron chi connectivity index (χ4n) is 8.64. The van der Waals surface area contributed by atoms with Crippen LogP contribution in [0.15, 0.2) is 48.5 Å². The molecule has 3 saturated carbocycles. The Morgan fingerprint density at radius 1 is 0.531 bits per heavy atom. The molecular weight excluding hydrogens is 384 g/mol. The number of hydrogen-bond donors (Lipinski definition) is 0. The summed E-state index contributed by atoms with van der Waals surface area (Å²) in [6.45, 7) is 16.0. The van der Waals surface area contributed by atoms with Crippen LogP contribution in [0, 0.1) is 23.7 Å². The third-order valence-corrected chi connectivity index (χ3v) is 8.85. The van der Waals surface area contributed by atoms with Gasteiger partial charge in [-0.2, -0.15) is 0 Å². The van der Waals surface area contributed by atoms with Crippen molar-refractivity contribution < 1.29 is 0 Å². The van der Waals surface area contributed by atoms with E-state index in [2.05, 4.69) is 48.5 Å². The number of benzene rings is 2. The molecule has 176 valence electrons. The van der Waals surface area contributed by atoms with E-state index in [4.69, 9.17) is 0 Å². The molecule has 0 aromatic heterocycles. The van der Waals surface area contributed by atoms with Gasteiger partial charge in [0.15, 0.2) is 0 Å². The summed E-state index contributed by atoms with van der Waals surface area (Å²) in [6.07, 6.45) is 7.40. The van der Waals surface area contributed by atoms with Gasteiger partial charge < -0.3 is 0 Å². The molecular formula is C32H48. The van der Waals surface area contributed by atoms with E-state index < -0.39 is 0 Å². The first-order valence-corrected chi connectivity index (χ1v) is 14.1. The quantitative estimate of drug-likeness (QED) is 0.388. The highest BCUT2D eigenvalue weighted by atomic mass is 14.7. The predicted octanol–water partition coefficient (Wildman–Crippen LogP) is 9.73. The van der Waals surface area contributed by atoms with Crippen LogP contribution < -0.4 is 0 Å². The largest absolute Gasteiger partial charge is 0.0683 e. The lowest BCUT2D eigenvalue weighted by atomic mass is 9.53. The molecule has 0 saturated heterocycles. The molecule has 6 atom stereocenters. The second-order valence-corrected chi connectivity index (χ2v) is 9.22. The van der Waals surface area contributed by atoms with Gasteiger partial charge >= 0.3 is 0 Å². The van der Waals surface area contributed by atoms with Crippen LogP contribution in [0.5, 0.6) is 0 Å². The minimum absolute atomic E-state index is 0.378. The molecule has 3 fully saturated rings. The van der Waals surface area contributed by atoms with E-state index >= 15 is 0 Å². The summed E-state index contributed by atoms with van der Waals surface area (Å²) in [6, 6.07) is 19.2. The average molecular weight is 433 g/mol. The van der Waals surface area contributed by atoms with E-state index in [1.807, 2.05) is 55.4 Å². The Labute approximate surface area is 199 Å². The Morgan fingerprint density at radius 2 is 0.906 bits per heavy atom. The first kappa shape index (κ1) is 25.1. The Morgan fingerprint density at radius 3 is 1.31 bits per heavy atom. The van der Waals surface area contributed by atoms with Crippen molar-refractivity contribution in [2.45, 2.75) is 105 Å². The average Bonchev–Trinajstić information content (AvgIpc) is 3.65. The van der Waals surface area contributed by atoms with Crippen molar-refractivity contribution >= 4 is 0 Å². The lowest BCUT2D eigenvalue weighted by Crippen LogP contribution is -2.47. The second kappa shape index (κ2) is 10.6. The fraction of sp³-hybridized carbons (Fsp3) is 0.625. The van der Waals surface area contributed by atoms with Crippen molar-refractivity contribution in [3.05, 3.63) is 70.8 Å². The van der Waals surface area contributed by atoms with E-state index in [1.165, 1.54) is 32.1 Å². The smallest absolute Gasteiger partial charge is 0.0281 e. The zero-order chi connectivity index (χ0) is 23.5. The highest BCUT2D eigenvalue weighted by molar-refractivity contribution is 5.61. The Balaban J connectivity index is 0.000000330. The van der Waals surface area contributed by atoms with Gasteiger partial charge in [0, 0.05) is 5.41 Å². The van der Waals surface area contributed by atoms with Crippen LogP contribution >= 0.6 is 0 Å². The molecule has 5 aliphatic rings. The summed E-state index contributed by atoms with van der Waals surface area (Å²) >= 11 is 0. The van der Waals surface area contributed by atoms with E-state index in [1.54, 1.807) is 22.3 Å². The topological polar surface area (TPSA) is 0 Å². The van der Waals surface area contributed by atoms with Crippen molar-refractivity contribution in [3.8, 4) is 0 Å². The van der Waals surface area contributed by atoms with Crippen LogP contribution in [-0.2, 0) is 5.41 Å². The summed E-state index contributed by atoms with van der Waals surface area (Å²) < 4.78 is 0. The van der Waals surface area contributed by atoms with Crippen LogP contribution in [0.25, 0.3) is 0 Å². The first-order chi connectivity index (χ1) is 15.9. The predicted molar refractivity (Wildman–Crippen MR) is 142 cm³/mol. The molecule has 7 rings (SSSR count). The minimum Gasteiger partial charge on any atom is -0.0683 e. The monoisotopic (exact) mass is 432 g/mol. The standard InChI is InChI=1S/C24H24.4C2H6/c1-3-7-20-16(5-1)18-11-9-14-13-15-10-12-19-17-6-2-4-8-21(17)24(20,22(14)18)23(15)19;4*1-2/h1-8,14-15,18-19,22-23H,9-13H2;4*1-2H3. The zero-order valence-corrected chi connectivity index (χ0v) is 22.1. The number of rotatable bonds is 0. The van der Waals surface area contributed by atoms with Gasteiger partial charge in [-0.1, -0.05) is 104 Å². The van der Waals surface area contributed by atoms with E-state index in [0.717, 1.165) is 35.5 Å². The van der Waals surface area contributed by atoms with Gasteiger partial charge in [-0.05, 0) is 89.9 Å². The molecule has 0 bridgehead atoms. The molecule has 2 aromatic carbocycles. The third-order valence-electron chi connectivity index (χ3n) is 8.85. The van der Waals surface area contributed by atoms with Crippen molar-refractivity contribution in [1.82, 2.24) is 0 Å². The van der Waals surface area contributed by atoms with Crippen molar-refractivity contribution in [3.63, 3.8) is 0 Å². The second-order valence-electron chi connectivity index (χ2n) is 9.22. The van der Waals surface area contributed by atoms with Crippen LogP contribution in [0.2, 0.25) is 0 Å². The van der Waals surface area contributed by atoms with Crippen molar-refractivity contribution in [2.75, 3.05) is 0 Å². The maximum atomic E-state index is 2.52. The molecule has 0 heteroatoms. The van der Waals surface area contributed by atoms with Gasteiger partial charge in [-0.3, -0.25) is 0 Å². The molecule has 0 heterocycles. The first-order valence-electron chi connectivity index (χ1n) is 14.1. The molecule has 0 N–H and O–H groups in total. The van der Waals surface area contributed by atoms with Crippen LogP contribution in [0.4, 0.5) is 0 Å². The van der Waals surface area contributed by atoms with Crippen LogP contribution in [0.3, 0.4) is 0 Å². The van der Waals surface area contributed by atoms with Gasteiger partial charge in [0.2, 0.25) is 0 Å². The lowest BCUT2D eigenvalue weighted by molar-refractivity contribution is 0.0750. The molecule has 32 heavy (non-hydrogen) atoms. The van der Waals surface area contributed by atoms with E-state index in [0.29, 0.717) is 5.41 Å². The van der Waals surface area contributed by atoms with Gasteiger partial charge in [0.05, 0.1) is 0 Å². The summed E-state index contributed by atoms with van der Waals surface area (Å²) in [5.41, 5.74) is 7.33. The molecule has 0 amide bonds. The third kappa shape index (κ3) is 3.15. The van der Waals surface area contributed by atoms with E-state index in [-0.39, 0.29) is 0 Å². The molecule has 6 unspecified atom stereocenters. The summed E-state index contributed by atoms with van der Waals surface area (Å²) in [5, 5.41) is 0. The maximum Gasteiger partial charge on any atom is 0.0281 e. The summed E-state index contributed by atoms with van der Waals surface area (Å²) in [4.78, 5) is 0. The van der Waals surface area contributed by atoms with Gasteiger partial charge in [-0.25, -0.2) is 0 Å². The van der Waals surface area contributed by atoms with Gasteiger partial charge in [0.25, 0.3) is 0 Å².